The Bertz CT molecular complexity index is 322. The second-order valence-electron chi connectivity index (χ2n) is 6.23. The Morgan fingerprint density at radius 1 is 1.44 bits per heavy atom. The van der Waals surface area contributed by atoms with Crippen LogP contribution in [0.5, 0.6) is 0 Å². The molecule has 3 saturated carbocycles. The highest BCUT2D eigenvalue weighted by molar-refractivity contribution is 5.68. The first-order chi connectivity index (χ1) is 7.60. The third-order valence-corrected chi connectivity index (χ3v) is 6.02. The SMILES string of the molecule is C[C@H]1[C@H]2CC[C@H]3[C@@H]1[C@@H](C2)[C@@]3(CN)CC(=O)O. The predicted octanol–water partition coefficient (Wildman–Crippen LogP) is 1.72. The van der Waals surface area contributed by atoms with Crippen LogP contribution in [-0.2, 0) is 4.79 Å². The highest BCUT2D eigenvalue weighted by Gasteiger charge is 2.68. The number of rotatable bonds is 3. The summed E-state index contributed by atoms with van der Waals surface area (Å²) in [5, 5.41) is 9.10. The lowest BCUT2D eigenvalue weighted by Crippen LogP contribution is -2.60. The Balaban J connectivity index is 1.90. The quantitative estimate of drug-likeness (QED) is 0.765. The predicted molar refractivity (Wildman–Crippen MR) is 60.7 cm³/mol. The number of carboxylic acids is 1. The lowest BCUT2D eigenvalue weighted by Gasteiger charge is -2.61. The molecule has 0 amide bonds. The molecular weight excluding hydrogens is 202 g/mol. The molecule has 3 rings (SSSR count). The van der Waals surface area contributed by atoms with Gasteiger partial charge in [-0.15, -0.1) is 0 Å². The van der Waals surface area contributed by atoms with Gasteiger partial charge in [-0.1, -0.05) is 6.92 Å². The van der Waals surface area contributed by atoms with Gasteiger partial charge in [-0.2, -0.15) is 0 Å². The summed E-state index contributed by atoms with van der Waals surface area (Å²) in [6.45, 7) is 2.94. The monoisotopic (exact) mass is 223 g/mol. The van der Waals surface area contributed by atoms with Gasteiger partial charge in [-0.3, -0.25) is 4.79 Å². The average molecular weight is 223 g/mol. The van der Waals surface area contributed by atoms with Crippen molar-refractivity contribution in [2.75, 3.05) is 6.54 Å². The van der Waals surface area contributed by atoms with E-state index in [1.807, 2.05) is 0 Å². The molecule has 0 unspecified atom stereocenters. The highest BCUT2D eigenvalue weighted by Crippen LogP contribution is 2.72. The van der Waals surface area contributed by atoms with E-state index >= 15 is 0 Å². The lowest BCUT2D eigenvalue weighted by atomic mass is 9.44. The number of carbonyl (C=O) groups is 1. The zero-order chi connectivity index (χ0) is 11.5. The van der Waals surface area contributed by atoms with E-state index in [2.05, 4.69) is 6.92 Å². The van der Waals surface area contributed by atoms with E-state index < -0.39 is 5.97 Å². The Kier molecular flexibility index (Phi) is 2.13. The summed E-state index contributed by atoms with van der Waals surface area (Å²) in [5.74, 6) is 3.02. The molecule has 16 heavy (non-hydrogen) atoms. The van der Waals surface area contributed by atoms with E-state index in [9.17, 15) is 4.79 Å². The average Bonchev–Trinajstić information content (AvgIpc) is 2.44. The normalized spacial score (nSPS) is 53.5. The van der Waals surface area contributed by atoms with Crippen LogP contribution in [0.2, 0.25) is 0 Å². The van der Waals surface area contributed by atoms with Gasteiger partial charge in [-0.05, 0) is 60.8 Å². The summed E-state index contributed by atoms with van der Waals surface area (Å²) < 4.78 is 0. The lowest BCUT2D eigenvalue weighted by molar-refractivity contribution is -0.161. The van der Waals surface area contributed by atoms with Gasteiger partial charge in [0.15, 0.2) is 0 Å². The summed E-state index contributed by atoms with van der Waals surface area (Å²) in [7, 11) is 0. The van der Waals surface area contributed by atoms with Crippen molar-refractivity contribution in [2.45, 2.75) is 32.6 Å². The summed E-state index contributed by atoms with van der Waals surface area (Å²) >= 11 is 0. The van der Waals surface area contributed by atoms with Crippen molar-refractivity contribution in [2.24, 2.45) is 40.7 Å². The molecule has 3 aliphatic carbocycles. The molecule has 0 aromatic carbocycles. The molecule has 3 aliphatic rings. The molecule has 3 fully saturated rings. The molecule has 0 aromatic heterocycles. The summed E-state index contributed by atoms with van der Waals surface area (Å²) in [4.78, 5) is 11.1. The van der Waals surface area contributed by atoms with Gasteiger partial charge in [0.1, 0.15) is 0 Å². The first-order valence-corrected chi connectivity index (χ1v) is 6.52. The minimum Gasteiger partial charge on any atom is -0.481 e. The number of hydrogen-bond acceptors (Lipinski definition) is 2. The van der Waals surface area contributed by atoms with Crippen LogP contribution in [-0.4, -0.2) is 17.6 Å². The van der Waals surface area contributed by atoms with Gasteiger partial charge in [-0.25, -0.2) is 0 Å². The van der Waals surface area contributed by atoms with Crippen LogP contribution in [0.4, 0.5) is 0 Å². The molecule has 0 saturated heterocycles. The van der Waals surface area contributed by atoms with Crippen LogP contribution >= 0.6 is 0 Å². The maximum Gasteiger partial charge on any atom is 0.303 e. The Hall–Kier alpha value is -0.570. The fraction of sp³-hybridized carbons (Fsp3) is 0.923. The molecule has 2 bridgehead atoms. The first-order valence-electron chi connectivity index (χ1n) is 6.52. The zero-order valence-electron chi connectivity index (χ0n) is 9.86. The Morgan fingerprint density at radius 2 is 2.19 bits per heavy atom. The number of nitrogens with two attached hydrogens (primary N) is 1. The smallest absolute Gasteiger partial charge is 0.303 e. The molecule has 0 aliphatic heterocycles. The molecule has 3 N–H and O–H groups in total. The van der Waals surface area contributed by atoms with Crippen LogP contribution in [0.15, 0.2) is 0 Å². The molecule has 3 nitrogen and oxygen atoms in total. The standard InChI is InChI=1S/C13H21NO2/c1-7-8-2-3-9-12(7)10(4-8)13(9,6-14)5-11(15)16/h7-10,12H,2-6,14H2,1H3,(H,15,16)/t7-,8-,9-,10+,12+,13+/m0/s1. The van der Waals surface area contributed by atoms with Crippen molar-refractivity contribution in [3.05, 3.63) is 0 Å². The third kappa shape index (κ3) is 1.05. The number of aliphatic carboxylic acids is 1. The third-order valence-electron chi connectivity index (χ3n) is 6.02. The van der Waals surface area contributed by atoms with E-state index in [0.29, 0.717) is 24.8 Å². The molecule has 6 atom stereocenters. The second-order valence-corrected chi connectivity index (χ2v) is 6.23. The van der Waals surface area contributed by atoms with Gasteiger partial charge in [0.25, 0.3) is 0 Å². The van der Waals surface area contributed by atoms with E-state index in [4.69, 9.17) is 10.8 Å². The van der Waals surface area contributed by atoms with Crippen molar-refractivity contribution in [1.29, 1.82) is 0 Å². The number of fused-ring (bicyclic) bond motifs is 1. The minimum absolute atomic E-state index is 0.0456. The molecule has 0 spiro atoms. The Morgan fingerprint density at radius 3 is 2.81 bits per heavy atom. The van der Waals surface area contributed by atoms with Crippen molar-refractivity contribution in [3.8, 4) is 0 Å². The van der Waals surface area contributed by atoms with Gasteiger partial charge in [0, 0.05) is 0 Å². The van der Waals surface area contributed by atoms with Crippen molar-refractivity contribution in [3.63, 3.8) is 0 Å². The molecule has 90 valence electrons. The maximum absolute atomic E-state index is 11.1. The van der Waals surface area contributed by atoms with Crippen LogP contribution in [0.1, 0.15) is 32.6 Å². The largest absolute Gasteiger partial charge is 0.481 e. The number of hydrogen-bond donors (Lipinski definition) is 2. The summed E-state index contributed by atoms with van der Waals surface area (Å²) in [6, 6.07) is 0. The van der Waals surface area contributed by atoms with E-state index in [1.165, 1.54) is 19.3 Å². The topological polar surface area (TPSA) is 63.3 Å². The van der Waals surface area contributed by atoms with E-state index in [0.717, 1.165) is 17.8 Å². The first kappa shape index (κ1) is 10.6. The zero-order valence-corrected chi connectivity index (χ0v) is 9.86. The fourth-order valence-electron chi connectivity index (χ4n) is 5.36. The van der Waals surface area contributed by atoms with Gasteiger partial charge in [0.2, 0.25) is 0 Å². The molecule has 0 radical (unpaired) electrons. The molecule has 0 heterocycles. The molecule has 3 heteroatoms. The number of carboxylic acid groups (broad SMARTS) is 1. The van der Waals surface area contributed by atoms with Crippen LogP contribution in [0, 0.1) is 35.0 Å². The van der Waals surface area contributed by atoms with Crippen LogP contribution in [0.25, 0.3) is 0 Å². The summed E-state index contributed by atoms with van der Waals surface area (Å²) in [6.07, 6.45) is 4.07. The van der Waals surface area contributed by atoms with Crippen molar-refractivity contribution < 1.29 is 9.90 Å². The van der Waals surface area contributed by atoms with Gasteiger partial charge >= 0.3 is 5.97 Å². The minimum atomic E-state index is -0.660. The van der Waals surface area contributed by atoms with Crippen LogP contribution in [0.3, 0.4) is 0 Å². The second kappa shape index (κ2) is 3.22. The van der Waals surface area contributed by atoms with Gasteiger partial charge in [0.05, 0.1) is 6.42 Å². The summed E-state index contributed by atoms with van der Waals surface area (Å²) in [5.41, 5.74) is 5.89. The fourth-order valence-corrected chi connectivity index (χ4v) is 5.36. The maximum atomic E-state index is 11.1. The van der Waals surface area contributed by atoms with E-state index in [-0.39, 0.29) is 5.41 Å². The van der Waals surface area contributed by atoms with Crippen LogP contribution < -0.4 is 5.73 Å². The highest BCUT2D eigenvalue weighted by atomic mass is 16.4. The van der Waals surface area contributed by atoms with Crippen molar-refractivity contribution in [1.82, 2.24) is 0 Å². The van der Waals surface area contributed by atoms with Crippen molar-refractivity contribution >= 4 is 5.97 Å². The molecule has 0 aromatic rings. The molecular formula is C13H21NO2. The van der Waals surface area contributed by atoms with Gasteiger partial charge < -0.3 is 10.8 Å². The Labute approximate surface area is 96.4 Å². The van der Waals surface area contributed by atoms with E-state index in [1.54, 1.807) is 0 Å².